The number of carboxylic acids is 1. The van der Waals surface area contributed by atoms with Gasteiger partial charge >= 0.3 is 5.97 Å². The molecule has 3 aromatic heterocycles. The van der Waals surface area contributed by atoms with Crippen LogP contribution >= 0.6 is 0 Å². The summed E-state index contributed by atoms with van der Waals surface area (Å²) >= 11 is 0. The van der Waals surface area contributed by atoms with E-state index >= 15 is 0 Å². The molecule has 0 fully saturated rings. The zero-order chi connectivity index (χ0) is 21.8. The van der Waals surface area contributed by atoms with E-state index in [-0.39, 0.29) is 12.3 Å². The van der Waals surface area contributed by atoms with Crippen LogP contribution in [0, 0.1) is 0 Å². The minimum atomic E-state index is -1.07. The Morgan fingerprint density at radius 3 is 2.65 bits per heavy atom. The zero-order valence-electron chi connectivity index (χ0n) is 17.2. The first-order valence-corrected chi connectivity index (χ1v) is 10.0. The van der Waals surface area contributed by atoms with Gasteiger partial charge in [-0.05, 0) is 42.7 Å². The molecule has 0 saturated heterocycles. The number of rotatable bonds is 8. The Morgan fingerprint density at radius 1 is 1.13 bits per heavy atom. The van der Waals surface area contributed by atoms with Crippen LogP contribution in [0.2, 0.25) is 0 Å². The third-order valence-electron chi connectivity index (χ3n) is 5.13. The van der Waals surface area contributed by atoms with Gasteiger partial charge in [0.15, 0.2) is 0 Å². The quantitative estimate of drug-likeness (QED) is 0.455. The second-order valence-electron chi connectivity index (χ2n) is 7.25. The van der Waals surface area contributed by atoms with Gasteiger partial charge in [-0.25, -0.2) is 14.3 Å². The number of hydrogen-bond donors (Lipinski definition) is 2. The number of carboxylic acid groups (broad SMARTS) is 1. The van der Waals surface area contributed by atoms with E-state index in [0.717, 1.165) is 27.9 Å². The molecule has 2 N–H and O–H groups in total. The Labute approximate surface area is 179 Å². The number of aromatic nitrogens is 3. The summed E-state index contributed by atoms with van der Waals surface area (Å²) in [6.45, 7) is 0.0497. The maximum atomic E-state index is 11.6. The van der Waals surface area contributed by atoms with Crippen LogP contribution in [0.3, 0.4) is 0 Å². The molecule has 0 saturated carbocycles. The molecule has 3 heterocycles. The van der Waals surface area contributed by atoms with Crippen LogP contribution in [0.4, 0.5) is 0 Å². The number of fused-ring (bicyclic) bond motifs is 1. The first-order chi connectivity index (χ1) is 15.1. The predicted octanol–water partition coefficient (Wildman–Crippen LogP) is 3.62. The molecule has 31 heavy (non-hydrogen) atoms. The van der Waals surface area contributed by atoms with Gasteiger partial charge in [0.1, 0.15) is 11.4 Å². The lowest BCUT2D eigenvalue weighted by Gasteiger charge is -2.08. The van der Waals surface area contributed by atoms with Gasteiger partial charge in [0, 0.05) is 29.8 Å². The number of nitrogens with zero attached hydrogens (tertiary/aromatic N) is 3. The molecule has 0 aliphatic heterocycles. The van der Waals surface area contributed by atoms with Crippen molar-refractivity contribution in [3.05, 3.63) is 83.3 Å². The van der Waals surface area contributed by atoms with Gasteiger partial charge in [0.05, 0.1) is 24.5 Å². The minimum absolute atomic E-state index is 0.00449. The molecule has 1 aromatic carbocycles. The van der Waals surface area contributed by atoms with Crippen LogP contribution in [0.1, 0.15) is 33.7 Å². The average molecular weight is 417 g/mol. The molecule has 0 aliphatic rings. The van der Waals surface area contributed by atoms with Gasteiger partial charge in [-0.2, -0.15) is 5.10 Å². The summed E-state index contributed by atoms with van der Waals surface area (Å²) in [5.74, 6) is -0.376. The third-order valence-corrected chi connectivity index (χ3v) is 5.13. The van der Waals surface area contributed by atoms with Crippen molar-refractivity contribution in [2.75, 3.05) is 13.7 Å². The lowest BCUT2D eigenvalue weighted by Crippen LogP contribution is -2.06. The van der Waals surface area contributed by atoms with Crippen molar-refractivity contribution >= 4 is 11.5 Å². The summed E-state index contributed by atoms with van der Waals surface area (Å²) in [6, 6.07) is 17.2. The van der Waals surface area contributed by atoms with E-state index in [1.54, 1.807) is 17.7 Å². The fourth-order valence-corrected chi connectivity index (χ4v) is 3.66. The van der Waals surface area contributed by atoms with Gasteiger partial charge in [0.25, 0.3) is 0 Å². The highest BCUT2D eigenvalue weighted by Crippen LogP contribution is 2.29. The van der Waals surface area contributed by atoms with Crippen LogP contribution in [0.5, 0.6) is 5.75 Å². The number of aliphatic hydroxyl groups is 1. The van der Waals surface area contributed by atoms with Crippen molar-refractivity contribution in [2.24, 2.45) is 0 Å². The van der Waals surface area contributed by atoms with E-state index in [0.29, 0.717) is 30.7 Å². The predicted molar refractivity (Wildman–Crippen MR) is 117 cm³/mol. The number of carbonyl (C=O) groups is 1. The molecular weight excluding hydrogens is 394 g/mol. The maximum absolute atomic E-state index is 11.6. The number of aliphatic hydroxyl groups excluding tert-OH is 1. The van der Waals surface area contributed by atoms with Crippen LogP contribution in [-0.2, 0) is 12.8 Å². The van der Waals surface area contributed by atoms with Gasteiger partial charge in [-0.3, -0.25) is 0 Å². The minimum Gasteiger partial charge on any atom is -0.495 e. The van der Waals surface area contributed by atoms with Crippen molar-refractivity contribution in [1.82, 2.24) is 14.6 Å². The highest BCUT2D eigenvalue weighted by molar-refractivity contribution is 5.85. The highest BCUT2D eigenvalue weighted by atomic mass is 16.5. The largest absolute Gasteiger partial charge is 0.495 e. The van der Waals surface area contributed by atoms with Crippen molar-refractivity contribution in [3.8, 4) is 17.0 Å². The molecule has 0 amide bonds. The van der Waals surface area contributed by atoms with Gasteiger partial charge in [0.2, 0.25) is 0 Å². The zero-order valence-corrected chi connectivity index (χ0v) is 17.2. The van der Waals surface area contributed by atoms with E-state index in [9.17, 15) is 9.90 Å². The monoisotopic (exact) mass is 417 g/mol. The van der Waals surface area contributed by atoms with Crippen molar-refractivity contribution in [1.29, 1.82) is 0 Å². The van der Waals surface area contributed by atoms with E-state index in [4.69, 9.17) is 14.9 Å². The van der Waals surface area contributed by atoms with Crippen molar-refractivity contribution in [3.63, 3.8) is 0 Å². The van der Waals surface area contributed by atoms with Crippen molar-refractivity contribution < 1.29 is 19.7 Å². The lowest BCUT2D eigenvalue weighted by molar-refractivity contribution is 0.0690. The molecule has 0 bridgehead atoms. The Bertz CT molecular complexity index is 1220. The number of aryl methyl sites for hydroxylation is 1. The summed E-state index contributed by atoms with van der Waals surface area (Å²) in [6.07, 6.45) is 3.39. The summed E-state index contributed by atoms with van der Waals surface area (Å²) in [4.78, 5) is 16.0. The Hall–Kier alpha value is -3.71. The molecule has 7 heteroatoms. The smallest absolute Gasteiger partial charge is 0.354 e. The molecule has 0 aliphatic carbocycles. The highest BCUT2D eigenvalue weighted by Gasteiger charge is 2.18. The first kappa shape index (κ1) is 20.6. The molecule has 0 radical (unpaired) electrons. The molecule has 4 aromatic rings. The van der Waals surface area contributed by atoms with Crippen LogP contribution in [0.25, 0.3) is 16.8 Å². The van der Waals surface area contributed by atoms with Crippen LogP contribution in [0.15, 0.2) is 60.8 Å². The van der Waals surface area contributed by atoms with Gasteiger partial charge in [-0.15, -0.1) is 0 Å². The van der Waals surface area contributed by atoms with E-state index < -0.39 is 5.97 Å². The topological polar surface area (TPSA) is 97.0 Å². The SMILES string of the molecule is COc1ccc2c(Cc3cc(CCCO)cc(C(=O)O)n3)c(-c3ccccc3)nn2c1. The summed E-state index contributed by atoms with van der Waals surface area (Å²) < 4.78 is 7.11. The number of pyridine rings is 2. The third kappa shape index (κ3) is 4.41. The molecule has 4 rings (SSSR count). The number of benzene rings is 1. The fraction of sp³-hybridized carbons (Fsp3) is 0.208. The lowest BCUT2D eigenvalue weighted by atomic mass is 10.0. The molecule has 0 unspecified atom stereocenters. The second-order valence-corrected chi connectivity index (χ2v) is 7.25. The van der Waals surface area contributed by atoms with Crippen LogP contribution in [-0.4, -0.2) is 44.5 Å². The standard InChI is InChI=1S/C24H23N3O4/c1-31-19-9-10-22-20(23(26-27(22)15-19)17-7-3-2-4-8-17)14-18-12-16(6-5-11-28)13-21(25-18)24(29)30/h2-4,7-10,12-13,15,28H,5-6,11,14H2,1H3,(H,29,30). The average Bonchev–Trinajstić information content (AvgIpc) is 3.15. The number of ether oxygens (including phenoxy) is 1. The maximum Gasteiger partial charge on any atom is 0.354 e. The molecule has 0 spiro atoms. The Morgan fingerprint density at radius 2 is 1.94 bits per heavy atom. The normalized spacial score (nSPS) is 11.0. The molecule has 158 valence electrons. The Balaban J connectivity index is 1.84. The summed E-state index contributed by atoms with van der Waals surface area (Å²) in [7, 11) is 1.61. The second kappa shape index (κ2) is 8.97. The first-order valence-electron chi connectivity index (χ1n) is 10.0. The van der Waals surface area contributed by atoms with Crippen LogP contribution < -0.4 is 4.74 Å². The molecule has 0 atom stereocenters. The number of aromatic carboxylic acids is 1. The van der Waals surface area contributed by atoms with Gasteiger partial charge in [-0.1, -0.05) is 30.3 Å². The number of hydrogen-bond acceptors (Lipinski definition) is 5. The molecule has 7 nitrogen and oxygen atoms in total. The van der Waals surface area contributed by atoms with Gasteiger partial charge < -0.3 is 14.9 Å². The summed E-state index contributed by atoms with van der Waals surface area (Å²) in [5, 5.41) is 23.4. The van der Waals surface area contributed by atoms with E-state index in [1.807, 2.05) is 54.7 Å². The molecular formula is C24H23N3O4. The Kier molecular flexibility index (Phi) is 5.95. The van der Waals surface area contributed by atoms with E-state index in [1.165, 1.54) is 0 Å². The summed E-state index contributed by atoms with van der Waals surface area (Å²) in [5.41, 5.74) is 5.14. The fourth-order valence-electron chi connectivity index (χ4n) is 3.66. The van der Waals surface area contributed by atoms with E-state index in [2.05, 4.69) is 4.98 Å². The number of methoxy groups -OCH3 is 1. The van der Waals surface area contributed by atoms with Crippen molar-refractivity contribution in [2.45, 2.75) is 19.3 Å².